The maximum atomic E-state index is 11.1. The molecule has 6 nitrogen and oxygen atoms in total. The van der Waals surface area contributed by atoms with Gasteiger partial charge in [0, 0.05) is 6.54 Å². The van der Waals surface area contributed by atoms with Crippen LogP contribution in [-0.4, -0.2) is 49.5 Å². The highest BCUT2D eigenvalue weighted by molar-refractivity contribution is 7.86. The quantitative estimate of drug-likeness (QED) is 0.757. The van der Waals surface area contributed by atoms with Gasteiger partial charge in [-0.25, -0.2) is 4.79 Å². The molecule has 100 valence electrons. The maximum absolute atomic E-state index is 11.1. The van der Waals surface area contributed by atoms with Gasteiger partial charge >= 0.3 is 6.09 Å². The van der Waals surface area contributed by atoms with Crippen molar-refractivity contribution in [2.75, 3.05) is 12.8 Å². The van der Waals surface area contributed by atoms with Crippen molar-refractivity contribution in [3.63, 3.8) is 0 Å². The van der Waals surface area contributed by atoms with E-state index in [-0.39, 0.29) is 5.41 Å². The van der Waals surface area contributed by atoms with E-state index in [1.807, 2.05) is 20.8 Å². The summed E-state index contributed by atoms with van der Waals surface area (Å²) < 4.78 is 27.3. The third-order valence-corrected chi connectivity index (χ3v) is 3.37. The molecule has 0 aromatic heterocycles. The van der Waals surface area contributed by atoms with Gasteiger partial charge in [0.2, 0.25) is 0 Å². The molecule has 1 rings (SSSR count). The minimum atomic E-state index is -3.57. The van der Waals surface area contributed by atoms with Crippen molar-refractivity contribution in [1.82, 2.24) is 4.90 Å². The van der Waals surface area contributed by atoms with Crippen LogP contribution >= 0.6 is 0 Å². The normalized spacial score (nSPS) is 26.2. The molecule has 1 heterocycles. The van der Waals surface area contributed by atoms with Crippen LogP contribution in [0.4, 0.5) is 4.79 Å². The molecule has 0 spiro atoms. The van der Waals surface area contributed by atoms with E-state index in [1.54, 1.807) is 0 Å². The molecule has 0 bridgehead atoms. The average molecular weight is 265 g/mol. The van der Waals surface area contributed by atoms with E-state index in [0.717, 1.165) is 6.26 Å². The van der Waals surface area contributed by atoms with Crippen molar-refractivity contribution < 1.29 is 22.5 Å². The topological polar surface area (TPSA) is 83.9 Å². The number of carboxylic acid groups (broad SMARTS) is 1. The van der Waals surface area contributed by atoms with Crippen LogP contribution in [0.15, 0.2) is 0 Å². The second kappa shape index (κ2) is 4.45. The molecular weight excluding hydrogens is 246 g/mol. The average Bonchev–Trinajstić information content (AvgIpc) is 2.43. The van der Waals surface area contributed by atoms with Crippen molar-refractivity contribution in [2.45, 2.75) is 39.3 Å². The van der Waals surface area contributed by atoms with Gasteiger partial charge in [-0.3, -0.25) is 4.18 Å². The van der Waals surface area contributed by atoms with Gasteiger partial charge in [0.05, 0.1) is 18.4 Å². The van der Waals surface area contributed by atoms with Gasteiger partial charge in [-0.1, -0.05) is 20.8 Å². The van der Waals surface area contributed by atoms with Crippen LogP contribution in [-0.2, 0) is 14.3 Å². The molecule has 1 fully saturated rings. The van der Waals surface area contributed by atoms with E-state index < -0.39 is 28.4 Å². The summed E-state index contributed by atoms with van der Waals surface area (Å²) in [5, 5.41) is 9.08. The van der Waals surface area contributed by atoms with Crippen molar-refractivity contribution in [1.29, 1.82) is 0 Å². The van der Waals surface area contributed by atoms with E-state index in [0.29, 0.717) is 13.0 Å². The van der Waals surface area contributed by atoms with Gasteiger partial charge in [-0.2, -0.15) is 8.42 Å². The van der Waals surface area contributed by atoms with Crippen LogP contribution < -0.4 is 0 Å². The Balaban J connectivity index is 2.97. The molecule has 17 heavy (non-hydrogen) atoms. The Labute approximate surface area is 102 Å². The van der Waals surface area contributed by atoms with E-state index in [4.69, 9.17) is 9.29 Å². The van der Waals surface area contributed by atoms with Crippen LogP contribution in [0.1, 0.15) is 27.2 Å². The number of carbonyl (C=O) groups is 1. The standard InChI is InChI=1S/C10H19NO5S/c1-10(2,3)8-7(16-17(4,14)15)5-6-11(8)9(12)13/h7-8H,5-6H2,1-4H3,(H,12,13)/t7-,8?/m1/s1. The van der Waals surface area contributed by atoms with Crippen LogP contribution in [0.2, 0.25) is 0 Å². The monoisotopic (exact) mass is 265 g/mol. The first kappa shape index (κ1) is 14.2. The SMILES string of the molecule is CC(C)(C)C1[C@H](OS(C)(=O)=O)CCN1C(=O)O. The molecule has 1 aliphatic heterocycles. The molecule has 1 saturated heterocycles. The van der Waals surface area contributed by atoms with Crippen molar-refractivity contribution in [3.05, 3.63) is 0 Å². The van der Waals surface area contributed by atoms with E-state index in [1.165, 1.54) is 4.90 Å². The van der Waals surface area contributed by atoms with E-state index >= 15 is 0 Å². The summed E-state index contributed by atoms with van der Waals surface area (Å²) in [6.07, 6.45) is -0.247. The predicted molar refractivity (Wildman–Crippen MR) is 62.3 cm³/mol. The molecule has 7 heteroatoms. The third kappa shape index (κ3) is 3.57. The molecule has 1 N–H and O–H groups in total. The Kier molecular flexibility index (Phi) is 3.73. The third-order valence-electron chi connectivity index (χ3n) is 2.77. The zero-order valence-corrected chi connectivity index (χ0v) is 11.3. The molecule has 1 unspecified atom stereocenters. The molecule has 0 aromatic rings. The zero-order valence-electron chi connectivity index (χ0n) is 10.5. The summed E-state index contributed by atoms with van der Waals surface area (Å²) in [5.74, 6) is 0. The lowest BCUT2D eigenvalue weighted by molar-refractivity contribution is 0.0602. The fraction of sp³-hybridized carbons (Fsp3) is 0.900. The summed E-state index contributed by atoms with van der Waals surface area (Å²) in [6.45, 7) is 5.92. The van der Waals surface area contributed by atoms with Gasteiger partial charge in [0.15, 0.2) is 0 Å². The molecule has 1 aliphatic rings. The molecule has 0 radical (unpaired) electrons. The molecule has 0 aliphatic carbocycles. The lowest BCUT2D eigenvalue weighted by atomic mass is 9.84. The number of hydrogen-bond donors (Lipinski definition) is 1. The number of amides is 1. The molecule has 2 atom stereocenters. The number of likely N-dealkylation sites (tertiary alicyclic amines) is 1. The van der Waals surface area contributed by atoms with Crippen LogP contribution in [0.25, 0.3) is 0 Å². The van der Waals surface area contributed by atoms with E-state index in [9.17, 15) is 13.2 Å². The van der Waals surface area contributed by atoms with E-state index in [2.05, 4.69) is 0 Å². The lowest BCUT2D eigenvalue weighted by Crippen LogP contribution is -2.48. The predicted octanol–water partition coefficient (Wildman–Crippen LogP) is 1.13. The largest absolute Gasteiger partial charge is 0.465 e. The lowest BCUT2D eigenvalue weighted by Gasteiger charge is -2.36. The van der Waals surface area contributed by atoms with Crippen LogP contribution in [0, 0.1) is 5.41 Å². The Bertz CT molecular complexity index is 397. The van der Waals surface area contributed by atoms with Gasteiger partial charge < -0.3 is 10.0 Å². The Morgan fingerprint density at radius 2 is 1.94 bits per heavy atom. The summed E-state index contributed by atoms with van der Waals surface area (Å²) >= 11 is 0. The maximum Gasteiger partial charge on any atom is 0.407 e. The second-order valence-corrected chi connectivity index (χ2v) is 7.02. The number of hydrogen-bond acceptors (Lipinski definition) is 4. The Morgan fingerprint density at radius 1 is 1.41 bits per heavy atom. The minimum absolute atomic E-state index is 0.303. The van der Waals surface area contributed by atoms with Gasteiger partial charge in [-0.15, -0.1) is 0 Å². The summed E-state index contributed by atoms with van der Waals surface area (Å²) in [5.41, 5.74) is -0.371. The smallest absolute Gasteiger partial charge is 0.407 e. The van der Waals surface area contributed by atoms with Gasteiger partial charge in [0.1, 0.15) is 0 Å². The fourth-order valence-corrected chi connectivity index (χ4v) is 2.98. The highest BCUT2D eigenvalue weighted by Crippen LogP contribution is 2.35. The van der Waals surface area contributed by atoms with Gasteiger partial charge in [0.25, 0.3) is 10.1 Å². The first-order valence-corrected chi connectivity index (χ1v) is 7.22. The van der Waals surface area contributed by atoms with Crippen molar-refractivity contribution >= 4 is 16.2 Å². The van der Waals surface area contributed by atoms with Gasteiger partial charge in [-0.05, 0) is 11.8 Å². The first-order valence-electron chi connectivity index (χ1n) is 5.40. The summed E-state index contributed by atoms with van der Waals surface area (Å²) in [7, 11) is -3.57. The Morgan fingerprint density at radius 3 is 2.29 bits per heavy atom. The summed E-state index contributed by atoms with van der Waals surface area (Å²) in [4.78, 5) is 12.4. The highest BCUT2D eigenvalue weighted by atomic mass is 32.2. The number of rotatable bonds is 2. The minimum Gasteiger partial charge on any atom is -0.465 e. The van der Waals surface area contributed by atoms with Crippen LogP contribution in [0.5, 0.6) is 0 Å². The Hall–Kier alpha value is -0.820. The summed E-state index contributed by atoms with van der Waals surface area (Å²) in [6, 6.07) is -0.449. The number of nitrogens with zero attached hydrogens (tertiary/aromatic N) is 1. The molecule has 0 aromatic carbocycles. The highest BCUT2D eigenvalue weighted by Gasteiger charge is 2.45. The van der Waals surface area contributed by atoms with Crippen molar-refractivity contribution in [3.8, 4) is 0 Å². The zero-order chi connectivity index (χ0) is 13.4. The first-order chi connectivity index (χ1) is 7.52. The molecule has 0 saturated carbocycles. The van der Waals surface area contributed by atoms with Crippen molar-refractivity contribution in [2.24, 2.45) is 5.41 Å². The molecule has 1 amide bonds. The second-order valence-electron chi connectivity index (χ2n) is 5.41. The van der Waals surface area contributed by atoms with Crippen LogP contribution in [0.3, 0.4) is 0 Å². The fourth-order valence-electron chi connectivity index (χ4n) is 2.33. The molecular formula is C10H19NO5S.